The number of methoxy groups -OCH3 is 1. The van der Waals surface area contributed by atoms with Crippen molar-refractivity contribution in [1.82, 2.24) is 24.7 Å². The van der Waals surface area contributed by atoms with E-state index in [0.29, 0.717) is 18.2 Å². The van der Waals surface area contributed by atoms with Gasteiger partial charge < -0.3 is 15.2 Å². The highest BCUT2D eigenvalue weighted by molar-refractivity contribution is 5.65. The summed E-state index contributed by atoms with van der Waals surface area (Å²) in [5.74, 6) is 1.66. The van der Waals surface area contributed by atoms with Gasteiger partial charge in [-0.1, -0.05) is 12.1 Å². The van der Waals surface area contributed by atoms with Crippen molar-refractivity contribution in [3.05, 3.63) is 71.8 Å². The monoisotopic (exact) mass is 414 g/mol. The van der Waals surface area contributed by atoms with Gasteiger partial charge in [0.05, 0.1) is 19.9 Å². The third-order valence-electron chi connectivity index (χ3n) is 5.42. The molecule has 0 bridgehead atoms. The zero-order valence-corrected chi connectivity index (χ0v) is 17.1. The summed E-state index contributed by atoms with van der Waals surface area (Å²) < 4.78 is 7.30. The Labute approximate surface area is 179 Å². The van der Waals surface area contributed by atoms with Crippen molar-refractivity contribution in [1.29, 1.82) is 0 Å². The predicted molar refractivity (Wildman–Crippen MR) is 117 cm³/mol. The summed E-state index contributed by atoms with van der Waals surface area (Å²) in [7, 11) is 1.66. The van der Waals surface area contributed by atoms with Gasteiger partial charge in [-0.05, 0) is 49.1 Å². The molecule has 0 spiro atoms. The third kappa shape index (κ3) is 3.79. The molecule has 0 unspecified atom stereocenters. The van der Waals surface area contributed by atoms with E-state index in [-0.39, 0.29) is 5.75 Å². The Hall–Kier alpha value is -3.94. The number of rotatable bonds is 6. The van der Waals surface area contributed by atoms with Crippen molar-refractivity contribution < 1.29 is 9.84 Å². The minimum absolute atomic E-state index is 0.0186. The second kappa shape index (κ2) is 8.06. The highest BCUT2D eigenvalue weighted by Crippen LogP contribution is 2.33. The van der Waals surface area contributed by atoms with Crippen molar-refractivity contribution in [2.24, 2.45) is 0 Å². The molecular formula is C23H22N6O2. The third-order valence-corrected chi connectivity index (χ3v) is 5.42. The first-order valence-corrected chi connectivity index (χ1v) is 10.2. The molecule has 0 radical (unpaired) electrons. The van der Waals surface area contributed by atoms with Gasteiger partial charge in [-0.2, -0.15) is 5.10 Å². The summed E-state index contributed by atoms with van der Waals surface area (Å²) in [6.45, 7) is 0.673. The smallest absolute Gasteiger partial charge is 0.182 e. The first-order valence-electron chi connectivity index (χ1n) is 10.2. The van der Waals surface area contributed by atoms with Crippen LogP contribution in [0.4, 0.5) is 11.5 Å². The molecular weight excluding hydrogens is 392 g/mol. The lowest BCUT2D eigenvalue weighted by molar-refractivity contribution is 0.414. The Kier molecular flexibility index (Phi) is 4.95. The molecule has 1 aliphatic rings. The standard InChI is InChI=1S/C23H22N6O2/c1-31-17-7-5-15(6-8-17)14-29-19-4-2-3-18(19)21(28-29)23-25-13-20(30)22(27-23)26-16-9-11-24-12-10-16/h5-13,30H,2-4,14H2,1H3,(H,24,25,26,27). The molecule has 0 fully saturated rings. The van der Waals surface area contributed by atoms with Gasteiger partial charge in [0.2, 0.25) is 0 Å². The van der Waals surface area contributed by atoms with Crippen LogP contribution < -0.4 is 10.1 Å². The highest BCUT2D eigenvalue weighted by Gasteiger charge is 2.25. The molecule has 1 aromatic carbocycles. The maximum Gasteiger partial charge on any atom is 0.182 e. The summed E-state index contributed by atoms with van der Waals surface area (Å²) in [6.07, 6.45) is 7.78. The summed E-state index contributed by atoms with van der Waals surface area (Å²) in [4.78, 5) is 12.9. The minimum atomic E-state index is -0.0186. The van der Waals surface area contributed by atoms with Crippen LogP contribution in [0.15, 0.2) is 55.0 Å². The van der Waals surface area contributed by atoms with Crippen molar-refractivity contribution in [2.75, 3.05) is 12.4 Å². The molecule has 0 amide bonds. The van der Waals surface area contributed by atoms with Crippen molar-refractivity contribution in [3.63, 3.8) is 0 Å². The fourth-order valence-electron chi connectivity index (χ4n) is 3.88. The van der Waals surface area contributed by atoms with E-state index in [1.165, 1.54) is 17.5 Å². The number of hydrogen-bond acceptors (Lipinski definition) is 7. The van der Waals surface area contributed by atoms with Gasteiger partial charge in [-0.3, -0.25) is 9.67 Å². The molecule has 5 rings (SSSR count). The lowest BCUT2D eigenvalue weighted by atomic mass is 10.2. The summed E-state index contributed by atoms with van der Waals surface area (Å²) >= 11 is 0. The van der Waals surface area contributed by atoms with Crippen LogP contribution in [-0.4, -0.2) is 36.9 Å². The van der Waals surface area contributed by atoms with Gasteiger partial charge >= 0.3 is 0 Å². The maximum absolute atomic E-state index is 10.2. The molecule has 0 saturated carbocycles. The molecule has 3 aromatic heterocycles. The zero-order valence-electron chi connectivity index (χ0n) is 17.1. The second-order valence-corrected chi connectivity index (χ2v) is 7.42. The van der Waals surface area contributed by atoms with Crippen LogP contribution in [0.1, 0.15) is 23.2 Å². The summed E-state index contributed by atoms with van der Waals surface area (Å²) in [5.41, 5.74) is 5.13. The van der Waals surface area contributed by atoms with Crippen LogP contribution in [0.3, 0.4) is 0 Å². The van der Waals surface area contributed by atoms with Gasteiger partial charge in [0.25, 0.3) is 0 Å². The zero-order chi connectivity index (χ0) is 21.2. The molecule has 3 heterocycles. The van der Waals surface area contributed by atoms with E-state index in [1.807, 2.05) is 28.9 Å². The number of aromatic nitrogens is 5. The van der Waals surface area contributed by atoms with Crippen LogP contribution in [-0.2, 0) is 19.4 Å². The molecule has 4 aromatic rings. The van der Waals surface area contributed by atoms with Gasteiger partial charge in [0, 0.05) is 29.3 Å². The Morgan fingerprint density at radius 3 is 2.68 bits per heavy atom. The van der Waals surface area contributed by atoms with E-state index in [4.69, 9.17) is 9.84 Å². The molecule has 8 heteroatoms. The fraction of sp³-hybridized carbons (Fsp3) is 0.217. The number of anilines is 2. The van der Waals surface area contributed by atoms with E-state index in [2.05, 4.69) is 32.4 Å². The molecule has 0 saturated heterocycles. The highest BCUT2D eigenvalue weighted by atomic mass is 16.5. The molecule has 0 aliphatic heterocycles. The molecule has 156 valence electrons. The maximum atomic E-state index is 10.2. The van der Waals surface area contributed by atoms with Crippen molar-refractivity contribution in [2.45, 2.75) is 25.8 Å². The Morgan fingerprint density at radius 2 is 1.90 bits per heavy atom. The first-order chi connectivity index (χ1) is 15.2. The average Bonchev–Trinajstić information content (AvgIpc) is 3.41. The number of pyridine rings is 1. The predicted octanol–water partition coefficient (Wildman–Crippen LogP) is 3.73. The lowest BCUT2D eigenvalue weighted by Gasteiger charge is -2.08. The molecule has 1 aliphatic carbocycles. The summed E-state index contributed by atoms with van der Waals surface area (Å²) in [6, 6.07) is 11.6. The normalized spacial score (nSPS) is 12.5. The van der Waals surface area contributed by atoms with Crippen LogP contribution in [0.2, 0.25) is 0 Å². The van der Waals surface area contributed by atoms with E-state index in [0.717, 1.165) is 42.0 Å². The topological polar surface area (TPSA) is 98.0 Å². The van der Waals surface area contributed by atoms with Crippen molar-refractivity contribution in [3.8, 4) is 23.0 Å². The Balaban J connectivity index is 1.48. The van der Waals surface area contributed by atoms with Crippen LogP contribution in [0.5, 0.6) is 11.5 Å². The van der Waals surface area contributed by atoms with Crippen LogP contribution >= 0.6 is 0 Å². The Bertz CT molecular complexity index is 1200. The lowest BCUT2D eigenvalue weighted by Crippen LogP contribution is -2.06. The van der Waals surface area contributed by atoms with Gasteiger partial charge in [0.15, 0.2) is 17.4 Å². The van der Waals surface area contributed by atoms with E-state index >= 15 is 0 Å². The molecule has 2 N–H and O–H groups in total. The number of aromatic hydroxyl groups is 1. The number of fused-ring (bicyclic) bond motifs is 1. The molecule has 0 atom stereocenters. The molecule has 31 heavy (non-hydrogen) atoms. The second-order valence-electron chi connectivity index (χ2n) is 7.42. The molecule has 8 nitrogen and oxygen atoms in total. The van der Waals surface area contributed by atoms with Crippen LogP contribution in [0, 0.1) is 0 Å². The fourth-order valence-corrected chi connectivity index (χ4v) is 3.88. The van der Waals surface area contributed by atoms with E-state index in [1.54, 1.807) is 19.5 Å². The number of hydrogen-bond donors (Lipinski definition) is 2. The van der Waals surface area contributed by atoms with Gasteiger partial charge in [-0.15, -0.1) is 0 Å². The number of nitrogens with one attached hydrogen (secondary N) is 1. The SMILES string of the molecule is COc1ccc(Cn2nc(-c3ncc(O)c(Nc4ccncc4)n3)c3c2CCC3)cc1. The largest absolute Gasteiger partial charge is 0.503 e. The quantitative estimate of drug-likeness (QED) is 0.496. The van der Waals surface area contributed by atoms with Gasteiger partial charge in [0.1, 0.15) is 11.4 Å². The van der Waals surface area contributed by atoms with E-state index in [9.17, 15) is 5.11 Å². The average molecular weight is 414 g/mol. The number of ether oxygens (including phenoxy) is 1. The Morgan fingerprint density at radius 1 is 1.10 bits per heavy atom. The van der Waals surface area contributed by atoms with Crippen molar-refractivity contribution >= 4 is 11.5 Å². The van der Waals surface area contributed by atoms with Gasteiger partial charge in [-0.25, -0.2) is 9.97 Å². The van der Waals surface area contributed by atoms with E-state index < -0.39 is 0 Å². The van der Waals surface area contributed by atoms with Crippen LogP contribution in [0.25, 0.3) is 11.5 Å². The first kappa shape index (κ1) is 19.0. The summed E-state index contributed by atoms with van der Waals surface area (Å²) in [5, 5.41) is 18.2. The minimum Gasteiger partial charge on any atom is -0.503 e. The number of nitrogens with zero attached hydrogens (tertiary/aromatic N) is 5. The number of benzene rings is 1.